The first-order valence-electron chi connectivity index (χ1n) is 18.3. The fourth-order valence-corrected chi connectivity index (χ4v) is 8.82. The summed E-state index contributed by atoms with van der Waals surface area (Å²) in [6.45, 7) is 23.7. The first-order chi connectivity index (χ1) is 19.6. The minimum atomic E-state index is -0.248. The average molecular weight is 587 g/mol. The van der Waals surface area contributed by atoms with Crippen molar-refractivity contribution < 1.29 is 10.2 Å². The van der Waals surface area contributed by atoms with Gasteiger partial charge >= 0.3 is 0 Å². The summed E-state index contributed by atoms with van der Waals surface area (Å²) >= 11 is 0. The van der Waals surface area contributed by atoms with Crippen LogP contribution in [0.3, 0.4) is 0 Å². The highest BCUT2D eigenvalue weighted by Crippen LogP contribution is 2.45. The van der Waals surface area contributed by atoms with Crippen LogP contribution in [0.4, 0.5) is 0 Å². The number of unbranched alkanes of at least 4 members (excludes halogenated alkanes) is 1. The van der Waals surface area contributed by atoms with Crippen LogP contribution in [0.25, 0.3) is 0 Å². The Hall–Kier alpha value is -0.600. The first kappa shape index (κ1) is 37.6. The normalized spacial score (nSPS) is 27.0. The molecule has 2 nitrogen and oxygen atoms in total. The van der Waals surface area contributed by atoms with Crippen molar-refractivity contribution in [2.24, 2.45) is 40.4 Å². The van der Waals surface area contributed by atoms with Crippen LogP contribution < -0.4 is 0 Å². The van der Waals surface area contributed by atoms with Gasteiger partial charge in [0.05, 0.1) is 12.2 Å². The summed E-state index contributed by atoms with van der Waals surface area (Å²) in [5.74, 6) is 3.98. The fraction of sp³-hybridized carbons (Fsp3) is 0.900. The number of aliphatic hydroxyl groups excluding tert-OH is 2. The van der Waals surface area contributed by atoms with Gasteiger partial charge in [0.15, 0.2) is 0 Å². The molecule has 0 bridgehead atoms. The summed E-state index contributed by atoms with van der Waals surface area (Å²) in [4.78, 5) is 0. The third-order valence-electron chi connectivity index (χ3n) is 11.6. The number of hydrogen-bond acceptors (Lipinski definition) is 2. The van der Waals surface area contributed by atoms with Crippen molar-refractivity contribution in [2.45, 2.75) is 191 Å². The first-order valence-corrected chi connectivity index (χ1v) is 18.3. The maximum atomic E-state index is 10.2. The molecule has 2 heteroatoms. The van der Waals surface area contributed by atoms with Crippen molar-refractivity contribution in [1.82, 2.24) is 0 Å². The van der Waals surface area contributed by atoms with E-state index in [1.54, 1.807) is 5.57 Å². The van der Waals surface area contributed by atoms with Crippen LogP contribution in [0.1, 0.15) is 178 Å². The Balaban J connectivity index is 1.50. The number of allylic oxidation sites excluding steroid dienone is 2. The van der Waals surface area contributed by atoms with Crippen LogP contribution in [-0.2, 0) is 0 Å². The molecule has 42 heavy (non-hydrogen) atoms. The second kappa shape index (κ2) is 17.8. The summed E-state index contributed by atoms with van der Waals surface area (Å²) in [6, 6.07) is 0. The van der Waals surface area contributed by atoms with Gasteiger partial charge in [-0.2, -0.15) is 0 Å². The van der Waals surface area contributed by atoms with Crippen molar-refractivity contribution in [3.63, 3.8) is 0 Å². The van der Waals surface area contributed by atoms with E-state index in [2.05, 4.69) is 75.3 Å². The topological polar surface area (TPSA) is 40.5 Å². The molecule has 246 valence electrons. The standard InChI is InChI=1S/C40H74O2/c1-29(17-13-19-31(3)21-23-37-33(5)25-35(41)27-39(37,7)8)15-11-12-16-30(2)18-14-20-32(4)22-24-38-34(6)26-36(42)28-40(38,9)10/h25,29-32,35-37,41-42H,11-24,26-28H2,1-10H3/t29?,30-,31+,32-,35-,36-,37-/m0/s1. The molecule has 0 aromatic heterocycles. The smallest absolute Gasteiger partial charge is 0.0728 e. The molecule has 0 aromatic carbocycles. The Bertz CT molecular complexity index is 833. The van der Waals surface area contributed by atoms with Crippen molar-refractivity contribution in [1.29, 1.82) is 0 Å². The molecule has 0 radical (unpaired) electrons. The number of rotatable bonds is 19. The van der Waals surface area contributed by atoms with Gasteiger partial charge in [0.25, 0.3) is 0 Å². The van der Waals surface area contributed by atoms with Gasteiger partial charge in [-0.15, -0.1) is 0 Å². The molecule has 2 aliphatic carbocycles. The molecule has 0 amide bonds. The van der Waals surface area contributed by atoms with Crippen molar-refractivity contribution in [3.8, 4) is 0 Å². The molecule has 2 rings (SSSR count). The summed E-state index contributed by atoms with van der Waals surface area (Å²) in [6.07, 6.45) is 23.5. The Labute approximate surface area is 263 Å². The lowest BCUT2D eigenvalue weighted by molar-refractivity contribution is 0.0951. The minimum absolute atomic E-state index is 0.144. The summed E-state index contributed by atoms with van der Waals surface area (Å²) < 4.78 is 0. The van der Waals surface area contributed by atoms with E-state index in [4.69, 9.17) is 0 Å². The van der Waals surface area contributed by atoms with Gasteiger partial charge in [-0.1, -0.05) is 149 Å². The maximum Gasteiger partial charge on any atom is 0.0728 e. The Kier molecular flexibility index (Phi) is 15.9. The molecule has 2 N–H and O–H groups in total. The fourth-order valence-electron chi connectivity index (χ4n) is 8.82. The van der Waals surface area contributed by atoms with Gasteiger partial charge < -0.3 is 10.2 Å². The predicted molar refractivity (Wildman–Crippen MR) is 185 cm³/mol. The largest absolute Gasteiger partial charge is 0.393 e. The van der Waals surface area contributed by atoms with Gasteiger partial charge in [0, 0.05) is 0 Å². The second-order valence-corrected chi connectivity index (χ2v) is 17.1. The molecule has 0 saturated heterocycles. The summed E-state index contributed by atoms with van der Waals surface area (Å²) in [5, 5.41) is 20.3. The second-order valence-electron chi connectivity index (χ2n) is 17.1. The average Bonchev–Trinajstić information content (AvgIpc) is 2.84. The lowest BCUT2D eigenvalue weighted by atomic mass is 9.65. The van der Waals surface area contributed by atoms with E-state index in [1.807, 2.05) is 0 Å². The van der Waals surface area contributed by atoms with Gasteiger partial charge in [0.2, 0.25) is 0 Å². The molecule has 0 saturated carbocycles. The van der Waals surface area contributed by atoms with Crippen LogP contribution in [0, 0.1) is 40.4 Å². The number of aliphatic hydroxyl groups is 2. The molecular weight excluding hydrogens is 512 g/mol. The molecule has 0 aromatic rings. The zero-order valence-corrected chi connectivity index (χ0v) is 30.0. The molecule has 0 aliphatic heterocycles. The highest BCUT2D eigenvalue weighted by Gasteiger charge is 2.36. The lowest BCUT2D eigenvalue weighted by Gasteiger charge is -2.41. The monoisotopic (exact) mass is 587 g/mol. The van der Waals surface area contributed by atoms with Crippen molar-refractivity contribution in [2.75, 3.05) is 0 Å². The van der Waals surface area contributed by atoms with E-state index in [1.165, 1.54) is 101 Å². The van der Waals surface area contributed by atoms with E-state index >= 15 is 0 Å². The van der Waals surface area contributed by atoms with Gasteiger partial charge in [0.1, 0.15) is 0 Å². The van der Waals surface area contributed by atoms with E-state index in [0.29, 0.717) is 5.92 Å². The molecular formula is C40H74O2. The van der Waals surface area contributed by atoms with Crippen molar-refractivity contribution in [3.05, 3.63) is 22.8 Å². The Morgan fingerprint density at radius 3 is 1.67 bits per heavy atom. The third-order valence-corrected chi connectivity index (χ3v) is 11.6. The molecule has 7 atom stereocenters. The van der Waals surface area contributed by atoms with Crippen LogP contribution in [0.2, 0.25) is 0 Å². The van der Waals surface area contributed by atoms with Crippen molar-refractivity contribution >= 4 is 0 Å². The minimum Gasteiger partial charge on any atom is -0.393 e. The summed E-state index contributed by atoms with van der Waals surface area (Å²) in [5.41, 5.74) is 4.88. The molecule has 0 spiro atoms. The molecule has 0 fully saturated rings. The number of hydrogen-bond donors (Lipinski definition) is 2. The maximum absolute atomic E-state index is 10.2. The third kappa shape index (κ3) is 13.2. The van der Waals surface area contributed by atoms with E-state index in [-0.39, 0.29) is 23.0 Å². The van der Waals surface area contributed by atoms with Crippen LogP contribution in [0.5, 0.6) is 0 Å². The SMILES string of the molecule is CC1=C[C@H](O)CC(C)(C)[C@H]1CC[C@H](C)CCCC(C)CCCC[C@H](C)CCC[C@H](C)CCC1=C(C)C[C@H](O)CC1(C)C. The Morgan fingerprint density at radius 1 is 0.690 bits per heavy atom. The highest BCUT2D eigenvalue weighted by molar-refractivity contribution is 5.24. The van der Waals surface area contributed by atoms with Gasteiger partial charge in [-0.3, -0.25) is 0 Å². The predicted octanol–water partition coefficient (Wildman–Crippen LogP) is 11.8. The van der Waals surface area contributed by atoms with E-state index in [0.717, 1.165) is 42.9 Å². The quantitative estimate of drug-likeness (QED) is 0.117. The van der Waals surface area contributed by atoms with Crippen LogP contribution in [0.15, 0.2) is 22.8 Å². The lowest BCUT2D eigenvalue weighted by Crippen LogP contribution is -2.33. The molecule has 0 heterocycles. The van der Waals surface area contributed by atoms with Crippen LogP contribution in [-0.4, -0.2) is 22.4 Å². The van der Waals surface area contributed by atoms with E-state index < -0.39 is 0 Å². The van der Waals surface area contributed by atoms with Crippen LogP contribution >= 0.6 is 0 Å². The molecule has 2 aliphatic rings. The van der Waals surface area contributed by atoms with E-state index in [9.17, 15) is 10.2 Å². The Morgan fingerprint density at radius 2 is 1.17 bits per heavy atom. The van der Waals surface area contributed by atoms with Gasteiger partial charge in [-0.25, -0.2) is 0 Å². The zero-order chi connectivity index (χ0) is 31.5. The highest BCUT2D eigenvalue weighted by atomic mass is 16.3. The van der Waals surface area contributed by atoms with Gasteiger partial charge in [-0.05, 0) is 92.8 Å². The zero-order valence-electron chi connectivity index (χ0n) is 30.0. The molecule has 1 unspecified atom stereocenters. The summed E-state index contributed by atoms with van der Waals surface area (Å²) in [7, 11) is 0.